The van der Waals surface area contributed by atoms with E-state index in [1.165, 1.54) is 5.56 Å². The Balaban J connectivity index is 1.83. The first kappa shape index (κ1) is 15.2. The van der Waals surface area contributed by atoms with Gasteiger partial charge in [-0.05, 0) is 43.0 Å². The largest absolute Gasteiger partial charge is 0.497 e. The lowest BCUT2D eigenvalue weighted by atomic mass is 10.0. The highest BCUT2D eigenvalue weighted by Crippen LogP contribution is 2.14. The third kappa shape index (κ3) is 4.12. The van der Waals surface area contributed by atoms with Crippen LogP contribution in [0, 0.1) is 12.8 Å². The number of carbonyl (C=O) groups is 1. The third-order valence-corrected chi connectivity index (χ3v) is 3.55. The van der Waals surface area contributed by atoms with Crippen molar-refractivity contribution in [1.29, 1.82) is 0 Å². The summed E-state index contributed by atoms with van der Waals surface area (Å²) < 4.78 is 5.15. The number of ether oxygens (including phenoxy) is 1. The van der Waals surface area contributed by atoms with Gasteiger partial charge in [0.05, 0.1) is 12.7 Å². The van der Waals surface area contributed by atoms with Crippen molar-refractivity contribution < 1.29 is 9.53 Å². The van der Waals surface area contributed by atoms with Crippen LogP contribution in [0.2, 0.25) is 0 Å². The SMILES string of the molecule is COc1ccc(C[C@@H](C)CNC(=O)c2cc[nH]c2C)cc1. The van der Waals surface area contributed by atoms with Gasteiger partial charge in [-0.1, -0.05) is 19.1 Å². The van der Waals surface area contributed by atoms with E-state index in [1.807, 2.05) is 19.1 Å². The first-order valence-corrected chi connectivity index (χ1v) is 7.15. The molecule has 4 nitrogen and oxygen atoms in total. The average molecular weight is 286 g/mol. The number of aromatic amines is 1. The van der Waals surface area contributed by atoms with Crippen molar-refractivity contribution >= 4 is 5.91 Å². The average Bonchev–Trinajstić information content (AvgIpc) is 2.92. The number of hydrogen-bond acceptors (Lipinski definition) is 2. The minimum Gasteiger partial charge on any atom is -0.497 e. The summed E-state index contributed by atoms with van der Waals surface area (Å²) in [6, 6.07) is 9.85. The van der Waals surface area contributed by atoms with Crippen molar-refractivity contribution in [3.63, 3.8) is 0 Å². The van der Waals surface area contributed by atoms with Crippen LogP contribution < -0.4 is 10.1 Å². The van der Waals surface area contributed by atoms with Crippen LogP contribution in [0.15, 0.2) is 36.5 Å². The van der Waals surface area contributed by atoms with E-state index < -0.39 is 0 Å². The Hall–Kier alpha value is -2.23. The van der Waals surface area contributed by atoms with Crippen LogP contribution in [-0.4, -0.2) is 24.5 Å². The van der Waals surface area contributed by atoms with Crippen LogP contribution in [0.25, 0.3) is 0 Å². The van der Waals surface area contributed by atoms with E-state index in [-0.39, 0.29) is 5.91 Å². The Bertz CT molecular complexity index is 587. The molecule has 4 heteroatoms. The van der Waals surface area contributed by atoms with E-state index in [9.17, 15) is 4.79 Å². The van der Waals surface area contributed by atoms with Crippen LogP contribution >= 0.6 is 0 Å². The maximum absolute atomic E-state index is 12.0. The number of aromatic nitrogens is 1. The maximum Gasteiger partial charge on any atom is 0.253 e. The van der Waals surface area contributed by atoms with Gasteiger partial charge in [0, 0.05) is 18.4 Å². The molecule has 112 valence electrons. The molecule has 1 aromatic heterocycles. The number of rotatable bonds is 6. The Morgan fingerprint density at radius 1 is 1.29 bits per heavy atom. The molecule has 0 unspecified atom stereocenters. The maximum atomic E-state index is 12.0. The number of carbonyl (C=O) groups excluding carboxylic acids is 1. The highest BCUT2D eigenvalue weighted by atomic mass is 16.5. The molecule has 0 aliphatic carbocycles. The van der Waals surface area contributed by atoms with Crippen molar-refractivity contribution in [1.82, 2.24) is 10.3 Å². The fraction of sp³-hybridized carbons (Fsp3) is 0.353. The fourth-order valence-corrected chi connectivity index (χ4v) is 2.30. The monoisotopic (exact) mass is 286 g/mol. The lowest BCUT2D eigenvalue weighted by Gasteiger charge is -2.13. The van der Waals surface area contributed by atoms with Gasteiger partial charge >= 0.3 is 0 Å². The summed E-state index contributed by atoms with van der Waals surface area (Å²) in [4.78, 5) is 15.0. The molecule has 2 rings (SSSR count). The van der Waals surface area contributed by atoms with Gasteiger partial charge < -0.3 is 15.0 Å². The zero-order valence-electron chi connectivity index (χ0n) is 12.8. The third-order valence-electron chi connectivity index (χ3n) is 3.55. The van der Waals surface area contributed by atoms with E-state index in [2.05, 4.69) is 29.4 Å². The number of methoxy groups -OCH3 is 1. The molecule has 0 saturated heterocycles. The smallest absolute Gasteiger partial charge is 0.253 e. The molecule has 0 radical (unpaired) electrons. The molecular weight excluding hydrogens is 264 g/mol. The number of benzene rings is 1. The summed E-state index contributed by atoms with van der Waals surface area (Å²) in [7, 11) is 1.66. The number of H-pyrrole nitrogens is 1. The first-order chi connectivity index (χ1) is 10.1. The van der Waals surface area contributed by atoms with E-state index >= 15 is 0 Å². The molecule has 1 amide bonds. The highest BCUT2D eigenvalue weighted by Gasteiger charge is 2.11. The van der Waals surface area contributed by atoms with Crippen molar-refractivity contribution in [2.75, 3.05) is 13.7 Å². The predicted octanol–water partition coefficient (Wildman–Crippen LogP) is 2.94. The second-order valence-corrected chi connectivity index (χ2v) is 5.38. The Labute approximate surface area is 125 Å². The molecule has 1 heterocycles. The molecule has 21 heavy (non-hydrogen) atoms. The lowest BCUT2D eigenvalue weighted by Crippen LogP contribution is -2.29. The molecule has 2 N–H and O–H groups in total. The van der Waals surface area contributed by atoms with Gasteiger partial charge in [0.1, 0.15) is 5.75 Å². The summed E-state index contributed by atoms with van der Waals surface area (Å²) >= 11 is 0. The fourth-order valence-electron chi connectivity index (χ4n) is 2.30. The number of amides is 1. The van der Waals surface area contributed by atoms with Crippen molar-refractivity contribution in [3.05, 3.63) is 53.3 Å². The van der Waals surface area contributed by atoms with Crippen molar-refractivity contribution in [3.8, 4) is 5.75 Å². The van der Waals surface area contributed by atoms with E-state index in [0.717, 1.165) is 17.9 Å². The zero-order chi connectivity index (χ0) is 15.2. The minimum absolute atomic E-state index is 0.0182. The summed E-state index contributed by atoms with van der Waals surface area (Å²) in [5.74, 6) is 1.22. The number of aryl methyl sites for hydroxylation is 1. The van der Waals surface area contributed by atoms with E-state index in [4.69, 9.17) is 4.74 Å². The van der Waals surface area contributed by atoms with Gasteiger partial charge in [-0.15, -0.1) is 0 Å². The van der Waals surface area contributed by atoms with Gasteiger partial charge in [0.2, 0.25) is 0 Å². The van der Waals surface area contributed by atoms with Crippen LogP contribution in [-0.2, 0) is 6.42 Å². The van der Waals surface area contributed by atoms with Crippen LogP contribution in [0.3, 0.4) is 0 Å². The molecule has 0 aliphatic heterocycles. The molecule has 0 bridgehead atoms. The highest BCUT2D eigenvalue weighted by molar-refractivity contribution is 5.95. The first-order valence-electron chi connectivity index (χ1n) is 7.15. The number of hydrogen-bond donors (Lipinski definition) is 2. The van der Waals surface area contributed by atoms with E-state index in [1.54, 1.807) is 19.4 Å². The summed E-state index contributed by atoms with van der Waals surface area (Å²) in [6.45, 7) is 4.69. The quantitative estimate of drug-likeness (QED) is 0.858. The second-order valence-electron chi connectivity index (χ2n) is 5.38. The molecular formula is C17H22N2O2. The van der Waals surface area contributed by atoms with Crippen LogP contribution in [0.1, 0.15) is 28.5 Å². The zero-order valence-corrected chi connectivity index (χ0v) is 12.8. The van der Waals surface area contributed by atoms with Gasteiger partial charge in [0.15, 0.2) is 0 Å². The van der Waals surface area contributed by atoms with Gasteiger partial charge in [0.25, 0.3) is 5.91 Å². The normalized spacial score (nSPS) is 12.0. The standard InChI is InChI=1S/C17H22N2O2/c1-12(10-14-4-6-15(21-3)7-5-14)11-19-17(20)16-8-9-18-13(16)2/h4-9,12,18H,10-11H2,1-3H3,(H,19,20)/t12-/m1/s1. The second kappa shape index (κ2) is 6.97. The molecule has 0 aliphatic rings. The molecule has 0 spiro atoms. The predicted molar refractivity (Wildman–Crippen MR) is 83.7 cm³/mol. The van der Waals surface area contributed by atoms with Gasteiger partial charge in [-0.25, -0.2) is 0 Å². The lowest BCUT2D eigenvalue weighted by molar-refractivity contribution is 0.0947. The topological polar surface area (TPSA) is 54.1 Å². The van der Waals surface area contributed by atoms with Crippen molar-refractivity contribution in [2.24, 2.45) is 5.92 Å². The number of nitrogens with one attached hydrogen (secondary N) is 2. The Kier molecular flexibility index (Phi) is 5.04. The van der Waals surface area contributed by atoms with E-state index in [0.29, 0.717) is 18.0 Å². The minimum atomic E-state index is -0.0182. The van der Waals surface area contributed by atoms with Gasteiger partial charge in [-0.3, -0.25) is 4.79 Å². The Morgan fingerprint density at radius 2 is 2.00 bits per heavy atom. The van der Waals surface area contributed by atoms with Gasteiger partial charge in [-0.2, -0.15) is 0 Å². The molecule has 1 atom stereocenters. The summed E-state index contributed by atoms with van der Waals surface area (Å²) in [5, 5.41) is 2.98. The molecule has 0 saturated carbocycles. The molecule has 0 fully saturated rings. The van der Waals surface area contributed by atoms with Crippen LogP contribution in [0.4, 0.5) is 0 Å². The molecule has 1 aromatic carbocycles. The Morgan fingerprint density at radius 3 is 2.57 bits per heavy atom. The summed E-state index contributed by atoms with van der Waals surface area (Å²) in [5.41, 5.74) is 2.86. The summed E-state index contributed by atoms with van der Waals surface area (Å²) in [6.07, 6.45) is 2.71. The molecule has 2 aromatic rings. The van der Waals surface area contributed by atoms with Crippen molar-refractivity contribution in [2.45, 2.75) is 20.3 Å². The van der Waals surface area contributed by atoms with Crippen LogP contribution in [0.5, 0.6) is 5.75 Å².